The van der Waals surface area contributed by atoms with Gasteiger partial charge in [-0.2, -0.15) is 0 Å². The van der Waals surface area contributed by atoms with Crippen LogP contribution in [0, 0.1) is 0 Å². The van der Waals surface area contributed by atoms with Gasteiger partial charge in [-0.25, -0.2) is 15.8 Å². The first kappa shape index (κ1) is 17.0. The number of fused-ring (bicyclic) bond motifs is 1. The zero-order chi connectivity index (χ0) is 17.6. The number of hydrazine groups is 1. The second kappa shape index (κ2) is 5.92. The van der Waals surface area contributed by atoms with Gasteiger partial charge in [-0.3, -0.25) is 5.01 Å². The maximum Gasteiger partial charge on any atom is 0.196 e. The summed E-state index contributed by atoms with van der Waals surface area (Å²) < 4.78 is 10.8. The van der Waals surface area contributed by atoms with Crippen molar-refractivity contribution in [3.8, 4) is 0 Å². The summed E-state index contributed by atoms with van der Waals surface area (Å²) in [7, 11) is 0. The van der Waals surface area contributed by atoms with Crippen LogP contribution in [-0.4, -0.2) is 61.0 Å². The molecule has 0 aromatic carbocycles. The van der Waals surface area contributed by atoms with Crippen LogP contribution in [0.2, 0.25) is 0 Å². The van der Waals surface area contributed by atoms with Crippen molar-refractivity contribution in [3.63, 3.8) is 0 Å². The molecule has 1 saturated heterocycles. The van der Waals surface area contributed by atoms with Crippen LogP contribution in [0.1, 0.15) is 25.8 Å². The third-order valence-corrected chi connectivity index (χ3v) is 4.16. The monoisotopic (exact) mass is 340 g/mol. The second-order valence-corrected chi connectivity index (χ2v) is 5.99. The topological polar surface area (TPSA) is 158 Å². The van der Waals surface area contributed by atoms with E-state index in [1.54, 1.807) is 6.07 Å². The molecule has 10 heteroatoms. The molecule has 5 atom stereocenters. The van der Waals surface area contributed by atoms with Gasteiger partial charge in [-0.05, 0) is 13.8 Å². The minimum atomic E-state index is -1.72. The van der Waals surface area contributed by atoms with Crippen molar-refractivity contribution in [2.45, 2.75) is 44.0 Å². The van der Waals surface area contributed by atoms with Gasteiger partial charge in [0.15, 0.2) is 17.2 Å². The number of hydrogen-bond acceptors (Lipinski definition) is 10. The fourth-order valence-electron chi connectivity index (χ4n) is 2.72. The van der Waals surface area contributed by atoms with Crippen LogP contribution < -0.4 is 10.9 Å². The van der Waals surface area contributed by atoms with Crippen molar-refractivity contribution >= 4 is 16.9 Å². The van der Waals surface area contributed by atoms with E-state index in [9.17, 15) is 20.4 Å². The molecule has 0 saturated carbocycles. The summed E-state index contributed by atoms with van der Waals surface area (Å²) in [5, 5.41) is 40.6. The third kappa shape index (κ3) is 2.53. The lowest BCUT2D eigenvalue weighted by atomic mass is 9.92. The minimum absolute atomic E-state index is 0.0509. The van der Waals surface area contributed by atoms with Gasteiger partial charge in [0.05, 0.1) is 12.9 Å². The summed E-state index contributed by atoms with van der Waals surface area (Å²) in [6, 6.07) is 1.57. The van der Waals surface area contributed by atoms with E-state index in [2.05, 4.69) is 9.97 Å². The highest BCUT2D eigenvalue weighted by Crippen LogP contribution is 2.41. The number of furan rings is 1. The molecule has 1 aliphatic rings. The largest absolute Gasteiger partial charge is 0.459 e. The lowest BCUT2D eigenvalue weighted by Gasteiger charge is -2.26. The molecule has 3 heterocycles. The molecule has 2 aromatic heterocycles. The lowest BCUT2D eigenvalue weighted by Crippen LogP contribution is -2.43. The average molecular weight is 340 g/mol. The molecule has 6 N–H and O–H groups in total. The van der Waals surface area contributed by atoms with Crippen LogP contribution in [0.5, 0.6) is 0 Å². The van der Waals surface area contributed by atoms with Gasteiger partial charge < -0.3 is 29.6 Å². The highest BCUT2D eigenvalue weighted by Gasteiger charge is 2.54. The Morgan fingerprint density at radius 2 is 2.17 bits per heavy atom. The van der Waals surface area contributed by atoms with Crippen molar-refractivity contribution < 1.29 is 29.6 Å². The number of anilines is 1. The van der Waals surface area contributed by atoms with Crippen molar-refractivity contribution in [3.05, 3.63) is 18.2 Å². The van der Waals surface area contributed by atoms with Gasteiger partial charge in [0.2, 0.25) is 0 Å². The second-order valence-electron chi connectivity index (χ2n) is 5.99. The predicted octanol–water partition coefficient (Wildman–Crippen LogP) is -1.21. The van der Waals surface area contributed by atoms with E-state index in [4.69, 9.17) is 15.0 Å². The fraction of sp³-hybridized carbons (Fsp3) is 0.571. The number of nitrogens with two attached hydrogens (primary N) is 1. The zero-order valence-electron chi connectivity index (χ0n) is 13.2. The summed E-state index contributed by atoms with van der Waals surface area (Å²) in [6.45, 7) is 2.35. The van der Waals surface area contributed by atoms with Crippen LogP contribution in [0.15, 0.2) is 16.7 Å². The van der Waals surface area contributed by atoms with Gasteiger partial charge in [0.1, 0.15) is 35.7 Å². The molecule has 2 unspecified atom stereocenters. The number of aromatic nitrogens is 2. The Morgan fingerprint density at radius 3 is 2.75 bits per heavy atom. The highest BCUT2D eigenvalue weighted by atomic mass is 16.6. The van der Waals surface area contributed by atoms with Crippen molar-refractivity contribution in [2.24, 2.45) is 5.84 Å². The van der Waals surface area contributed by atoms with E-state index in [0.29, 0.717) is 5.52 Å². The SMILES string of the molecule is CC(O)N(N)c1nc(C2O[C@H](CO)[C@@H](O)[C@@]2(C)O)nc2ccoc12. The standard InChI is InChI=1S/C14H20N4O6/c1-6(20)18(15)13-9-7(3-4-23-9)16-12(17-13)11-14(2,22)10(21)8(5-19)24-11/h3-4,6,8,10-11,19-22H,5,15H2,1-2H3/t6?,8-,10-,11?,14-/m1/s1. The van der Waals surface area contributed by atoms with E-state index in [1.165, 1.54) is 20.1 Å². The first-order valence-corrected chi connectivity index (χ1v) is 7.41. The number of aliphatic hydroxyl groups excluding tert-OH is 3. The lowest BCUT2D eigenvalue weighted by molar-refractivity contribution is -0.0673. The third-order valence-electron chi connectivity index (χ3n) is 4.16. The Hall–Kier alpha value is -1.82. The first-order chi connectivity index (χ1) is 11.3. The molecule has 0 radical (unpaired) electrons. The number of nitrogens with zero attached hydrogens (tertiary/aromatic N) is 3. The Kier molecular flexibility index (Phi) is 4.20. The summed E-state index contributed by atoms with van der Waals surface area (Å²) in [5.41, 5.74) is -1.06. The van der Waals surface area contributed by atoms with Crippen molar-refractivity contribution in [1.82, 2.24) is 9.97 Å². The quantitative estimate of drug-likeness (QED) is 0.259. The molecular weight excluding hydrogens is 320 g/mol. The van der Waals surface area contributed by atoms with Crippen LogP contribution in [-0.2, 0) is 4.74 Å². The van der Waals surface area contributed by atoms with E-state index >= 15 is 0 Å². The van der Waals surface area contributed by atoms with Gasteiger partial charge in [-0.15, -0.1) is 0 Å². The zero-order valence-corrected chi connectivity index (χ0v) is 13.2. The highest BCUT2D eigenvalue weighted by molar-refractivity contribution is 5.83. The van der Waals surface area contributed by atoms with Gasteiger partial charge in [-0.1, -0.05) is 0 Å². The molecule has 132 valence electrons. The summed E-state index contributed by atoms with van der Waals surface area (Å²) in [5.74, 6) is 5.98. The van der Waals surface area contributed by atoms with E-state index < -0.39 is 36.7 Å². The van der Waals surface area contributed by atoms with Crippen molar-refractivity contribution in [2.75, 3.05) is 11.6 Å². The first-order valence-electron chi connectivity index (χ1n) is 7.41. The molecule has 10 nitrogen and oxygen atoms in total. The molecule has 1 aliphatic heterocycles. The number of hydrogen-bond donors (Lipinski definition) is 5. The van der Waals surface area contributed by atoms with Crippen LogP contribution in [0.25, 0.3) is 11.1 Å². The normalized spacial score (nSPS) is 31.5. The molecule has 1 fully saturated rings. The van der Waals surface area contributed by atoms with E-state index in [1.807, 2.05) is 0 Å². The van der Waals surface area contributed by atoms with E-state index in [-0.39, 0.29) is 17.2 Å². The van der Waals surface area contributed by atoms with Crippen LogP contribution in [0.3, 0.4) is 0 Å². The Bertz CT molecular complexity index is 733. The molecular formula is C14H20N4O6. The smallest absolute Gasteiger partial charge is 0.196 e. The number of rotatable bonds is 4. The molecule has 0 spiro atoms. The Labute approximate surface area is 137 Å². The number of aliphatic hydroxyl groups is 4. The average Bonchev–Trinajstić information content (AvgIpc) is 3.09. The fourth-order valence-corrected chi connectivity index (χ4v) is 2.72. The molecule has 2 aromatic rings. The van der Waals surface area contributed by atoms with Gasteiger partial charge >= 0.3 is 0 Å². The van der Waals surface area contributed by atoms with E-state index in [0.717, 1.165) is 5.01 Å². The maximum absolute atomic E-state index is 10.6. The summed E-state index contributed by atoms with van der Waals surface area (Å²) in [4.78, 5) is 8.51. The maximum atomic E-state index is 10.6. The summed E-state index contributed by atoms with van der Waals surface area (Å²) >= 11 is 0. The minimum Gasteiger partial charge on any atom is -0.459 e. The summed E-state index contributed by atoms with van der Waals surface area (Å²) in [6.07, 6.45) is -3.04. The van der Waals surface area contributed by atoms with Crippen LogP contribution >= 0.6 is 0 Å². The van der Waals surface area contributed by atoms with Crippen molar-refractivity contribution in [1.29, 1.82) is 0 Å². The molecule has 0 amide bonds. The molecule has 0 bridgehead atoms. The molecule has 3 rings (SSSR count). The molecule has 24 heavy (non-hydrogen) atoms. The predicted molar refractivity (Wildman–Crippen MR) is 81.5 cm³/mol. The van der Waals surface area contributed by atoms with Gasteiger partial charge in [0, 0.05) is 6.07 Å². The van der Waals surface area contributed by atoms with Crippen LogP contribution in [0.4, 0.5) is 5.82 Å². The molecule has 0 aliphatic carbocycles. The Balaban J connectivity index is 2.10. The van der Waals surface area contributed by atoms with Gasteiger partial charge in [0.25, 0.3) is 0 Å². The number of ether oxygens (including phenoxy) is 1. The Morgan fingerprint density at radius 1 is 1.46 bits per heavy atom.